The van der Waals surface area contributed by atoms with Crippen LogP contribution in [0, 0.1) is 69.2 Å². The van der Waals surface area contributed by atoms with Crippen molar-refractivity contribution in [2.45, 2.75) is 69.2 Å². The highest BCUT2D eigenvalue weighted by Gasteiger charge is 2.23. The minimum absolute atomic E-state index is 0.344. The molecule has 0 saturated heterocycles. The van der Waals surface area contributed by atoms with Crippen molar-refractivity contribution >= 4 is 18.5 Å². The van der Waals surface area contributed by atoms with Crippen LogP contribution in [0.2, 0.25) is 0 Å². The van der Waals surface area contributed by atoms with Crippen LogP contribution in [0.5, 0.6) is 0 Å². The van der Waals surface area contributed by atoms with E-state index in [1.165, 1.54) is 55.6 Å². The zero-order valence-corrected chi connectivity index (χ0v) is 18.3. The second kappa shape index (κ2) is 6.64. The van der Waals surface area contributed by atoms with E-state index in [0.29, 0.717) is 0 Å². The average Bonchev–Trinajstić information content (AvgIpc) is 2.55. The molecule has 0 radical (unpaired) electrons. The molecule has 0 aliphatic rings. The molecule has 0 spiro atoms. The van der Waals surface area contributed by atoms with Crippen molar-refractivity contribution in [1.82, 2.24) is 0 Å². The van der Waals surface area contributed by atoms with Crippen LogP contribution in [0.1, 0.15) is 55.6 Å². The van der Waals surface area contributed by atoms with E-state index in [2.05, 4.69) is 75.9 Å². The van der Waals surface area contributed by atoms with Crippen LogP contribution in [0.15, 0.2) is 0 Å². The summed E-state index contributed by atoms with van der Waals surface area (Å²) in [5.41, 5.74) is 14.8. The molecule has 2 rings (SSSR count). The minimum atomic E-state index is -0.344. The minimum Gasteiger partial charge on any atom is -0.0463 e. The summed E-state index contributed by atoms with van der Waals surface area (Å²) in [4.78, 5) is 0. The smallest absolute Gasteiger partial charge is 0.0134 e. The summed E-state index contributed by atoms with van der Waals surface area (Å²) in [7, 11) is -0.344. The standard InChI is InChI=1S/C23H33P/c1-12-14(3)18(7)22(19(8)15(12)4)24(11)23-20(9)16(5)13(2)17(6)21(23)10/h1-11H3. The highest BCUT2D eigenvalue weighted by Crippen LogP contribution is 2.39. The first-order valence-electron chi connectivity index (χ1n) is 8.89. The van der Waals surface area contributed by atoms with E-state index in [1.54, 1.807) is 10.6 Å². The summed E-state index contributed by atoms with van der Waals surface area (Å²) in [6, 6.07) is 0. The highest BCUT2D eigenvalue weighted by molar-refractivity contribution is 7.72. The molecule has 0 aromatic heterocycles. The molecule has 0 fully saturated rings. The maximum absolute atomic E-state index is 2.46. The Labute approximate surface area is 150 Å². The lowest BCUT2D eigenvalue weighted by atomic mass is 9.95. The van der Waals surface area contributed by atoms with Gasteiger partial charge in [0.05, 0.1) is 0 Å². The van der Waals surface area contributed by atoms with Gasteiger partial charge in [0.1, 0.15) is 0 Å². The van der Waals surface area contributed by atoms with Gasteiger partial charge in [-0.25, -0.2) is 0 Å². The summed E-state index contributed by atoms with van der Waals surface area (Å²) < 4.78 is 0. The molecule has 2 aromatic rings. The second-order valence-electron chi connectivity index (χ2n) is 7.51. The number of hydrogen-bond donors (Lipinski definition) is 0. The summed E-state index contributed by atoms with van der Waals surface area (Å²) in [5.74, 6) is 0. The lowest BCUT2D eigenvalue weighted by Gasteiger charge is -2.28. The molecule has 0 atom stereocenters. The summed E-state index contributed by atoms with van der Waals surface area (Å²) in [5, 5.41) is 3.19. The number of benzene rings is 2. The van der Waals surface area contributed by atoms with E-state index in [-0.39, 0.29) is 7.92 Å². The molecule has 0 N–H and O–H groups in total. The van der Waals surface area contributed by atoms with Gasteiger partial charge in [-0.1, -0.05) is 0 Å². The summed E-state index contributed by atoms with van der Waals surface area (Å²) >= 11 is 0. The van der Waals surface area contributed by atoms with Gasteiger partial charge in [-0.3, -0.25) is 0 Å². The molecule has 0 nitrogen and oxygen atoms in total. The van der Waals surface area contributed by atoms with Crippen LogP contribution < -0.4 is 10.6 Å². The molecular formula is C23H33P. The Hall–Kier alpha value is -1.13. The van der Waals surface area contributed by atoms with E-state index in [1.807, 2.05) is 0 Å². The number of hydrogen-bond acceptors (Lipinski definition) is 0. The van der Waals surface area contributed by atoms with Crippen molar-refractivity contribution in [2.24, 2.45) is 0 Å². The van der Waals surface area contributed by atoms with E-state index in [0.717, 1.165) is 0 Å². The Morgan fingerprint density at radius 1 is 0.333 bits per heavy atom. The van der Waals surface area contributed by atoms with Crippen LogP contribution in [-0.2, 0) is 0 Å². The lowest BCUT2D eigenvalue weighted by molar-refractivity contribution is 1.19. The zero-order valence-electron chi connectivity index (χ0n) is 17.4. The van der Waals surface area contributed by atoms with E-state index in [4.69, 9.17) is 0 Å². The molecule has 0 saturated carbocycles. The van der Waals surface area contributed by atoms with Gasteiger partial charge in [0.15, 0.2) is 0 Å². The predicted molar refractivity (Wildman–Crippen MR) is 112 cm³/mol. The second-order valence-corrected chi connectivity index (χ2v) is 9.52. The molecule has 0 amide bonds. The topological polar surface area (TPSA) is 0 Å². The quantitative estimate of drug-likeness (QED) is 0.603. The molecule has 0 heterocycles. The Morgan fingerprint density at radius 3 is 0.708 bits per heavy atom. The van der Waals surface area contributed by atoms with E-state index >= 15 is 0 Å². The van der Waals surface area contributed by atoms with Gasteiger partial charge in [0.25, 0.3) is 0 Å². The Bertz CT molecular complexity index is 697. The van der Waals surface area contributed by atoms with Crippen molar-refractivity contribution in [2.75, 3.05) is 6.66 Å². The third kappa shape index (κ3) is 2.74. The van der Waals surface area contributed by atoms with Gasteiger partial charge < -0.3 is 0 Å². The Balaban J connectivity index is 2.84. The van der Waals surface area contributed by atoms with E-state index in [9.17, 15) is 0 Å². The largest absolute Gasteiger partial charge is 0.0463 e. The fraction of sp³-hybridized carbons (Fsp3) is 0.478. The normalized spacial score (nSPS) is 11.5. The fourth-order valence-corrected chi connectivity index (χ4v) is 6.99. The Morgan fingerprint density at radius 2 is 0.500 bits per heavy atom. The SMILES string of the molecule is Cc1c(C)c(C)c(P(C)c2c(C)c(C)c(C)c(C)c2C)c(C)c1C. The van der Waals surface area contributed by atoms with Crippen molar-refractivity contribution in [1.29, 1.82) is 0 Å². The van der Waals surface area contributed by atoms with Crippen LogP contribution in [0.3, 0.4) is 0 Å². The van der Waals surface area contributed by atoms with Gasteiger partial charge in [-0.05, 0) is 150 Å². The molecule has 0 aliphatic carbocycles. The first-order valence-corrected chi connectivity index (χ1v) is 10.7. The van der Waals surface area contributed by atoms with Crippen LogP contribution in [0.25, 0.3) is 0 Å². The van der Waals surface area contributed by atoms with Crippen LogP contribution in [0.4, 0.5) is 0 Å². The highest BCUT2D eigenvalue weighted by atomic mass is 31.1. The lowest BCUT2D eigenvalue weighted by Crippen LogP contribution is -2.24. The van der Waals surface area contributed by atoms with Crippen LogP contribution in [-0.4, -0.2) is 6.66 Å². The first-order chi connectivity index (χ1) is 11.0. The molecule has 0 bridgehead atoms. The Kier molecular flexibility index (Phi) is 5.31. The van der Waals surface area contributed by atoms with Crippen LogP contribution >= 0.6 is 7.92 Å². The summed E-state index contributed by atoms with van der Waals surface area (Å²) in [6.45, 7) is 25.4. The maximum atomic E-state index is 2.46. The zero-order chi connectivity index (χ0) is 18.5. The van der Waals surface area contributed by atoms with Crippen molar-refractivity contribution in [3.63, 3.8) is 0 Å². The maximum Gasteiger partial charge on any atom is -0.0134 e. The molecule has 0 aliphatic heterocycles. The van der Waals surface area contributed by atoms with E-state index < -0.39 is 0 Å². The molecule has 1 heteroatoms. The molecule has 0 unspecified atom stereocenters. The molecular weight excluding hydrogens is 307 g/mol. The van der Waals surface area contributed by atoms with Gasteiger partial charge in [0.2, 0.25) is 0 Å². The van der Waals surface area contributed by atoms with Gasteiger partial charge >= 0.3 is 0 Å². The molecule has 24 heavy (non-hydrogen) atoms. The van der Waals surface area contributed by atoms with Gasteiger partial charge in [0, 0.05) is 0 Å². The van der Waals surface area contributed by atoms with Gasteiger partial charge in [-0.15, -0.1) is 0 Å². The predicted octanol–water partition coefficient (Wildman–Crippen LogP) is 5.83. The fourth-order valence-electron chi connectivity index (χ4n) is 4.08. The third-order valence-electron chi connectivity index (χ3n) is 6.59. The average molecular weight is 340 g/mol. The summed E-state index contributed by atoms with van der Waals surface area (Å²) in [6.07, 6.45) is 0. The third-order valence-corrected chi connectivity index (χ3v) is 9.27. The first kappa shape index (κ1) is 19.2. The van der Waals surface area contributed by atoms with Gasteiger partial charge in [-0.2, -0.15) is 0 Å². The van der Waals surface area contributed by atoms with Crippen molar-refractivity contribution in [3.8, 4) is 0 Å². The monoisotopic (exact) mass is 340 g/mol. The molecule has 130 valence electrons. The van der Waals surface area contributed by atoms with Crippen molar-refractivity contribution < 1.29 is 0 Å². The molecule has 2 aromatic carbocycles. The number of rotatable bonds is 2. The van der Waals surface area contributed by atoms with Crippen molar-refractivity contribution in [3.05, 3.63) is 55.6 Å².